The van der Waals surface area contributed by atoms with Crippen LogP contribution in [0.4, 0.5) is 0 Å². The standard InChI is InChI=1S/C9H10N2O2/c10-7-9(3-1-2-4-11-9)8-12-5-6-13-8/h1-4,8,11H,5-6H2. The molecule has 2 aliphatic rings. The van der Waals surface area contributed by atoms with Gasteiger partial charge in [-0.1, -0.05) is 6.08 Å². The lowest BCUT2D eigenvalue weighted by atomic mass is 9.98. The summed E-state index contributed by atoms with van der Waals surface area (Å²) in [5, 5.41) is 12.0. The summed E-state index contributed by atoms with van der Waals surface area (Å²) in [7, 11) is 0. The fourth-order valence-electron chi connectivity index (χ4n) is 1.39. The summed E-state index contributed by atoms with van der Waals surface area (Å²) in [5.41, 5.74) is -0.856. The molecular weight excluding hydrogens is 168 g/mol. The van der Waals surface area contributed by atoms with Gasteiger partial charge in [-0.15, -0.1) is 0 Å². The number of hydrogen-bond acceptors (Lipinski definition) is 4. The third kappa shape index (κ3) is 1.32. The second kappa shape index (κ2) is 3.21. The minimum absolute atomic E-state index is 0.501. The second-order valence-corrected chi connectivity index (χ2v) is 2.92. The largest absolute Gasteiger partial charge is 0.366 e. The Morgan fingerprint density at radius 1 is 1.38 bits per heavy atom. The molecule has 4 nitrogen and oxygen atoms in total. The number of nitrogens with zero attached hydrogens (tertiary/aromatic N) is 1. The van der Waals surface area contributed by atoms with Crippen molar-refractivity contribution in [2.75, 3.05) is 13.2 Å². The Morgan fingerprint density at radius 2 is 2.15 bits per heavy atom. The van der Waals surface area contributed by atoms with Gasteiger partial charge in [-0.25, -0.2) is 0 Å². The van der Waals surface area contributed by atoms with Crippen molar-refractivity contribution in [1.29, 1.82) is 5.26 Å². The summed E-state index contributed by atoms with van der Waals surface area (Å²) in [5.74, 6) is 0. The zero-order chi connectivity index (χ0) is 9.15. The zero-order valence-electron chi connectivity index (χ0n) is 7.06. The summed E-state index contributed by atoms with van der Waals surface area (Å²) >= 11 is 0. The van der Waals surface area contributed by atoms with Gasteiger partial charge in [0.05, 0.1) is 13.2 Å². The fraction of sp³-hybridized carbons (Fsp3) is 0.444. The molecule has 13 heavy (non-hydrogen) atoms. The Bertz CT molecular complexity index is 286. The number of nitrogens with one attached hydrogen (secondary N) is 1. The smallest absolute Gasteiger partial charge is 0.198 e. The summed E-state index contributed by atoms with van der Waals surface area (Å²) in [6, 6.07) is 2.16. The van der Waals surface area contributed by atoms with Gasteiger partial charge >= 0.3 is 0 Å². The molecule has 2 heterocycles. The van der Waals surface area contributed by atoms with E-state index in [0.717, 1.165) is 0 Å². The predicted octanol–water partition coefficient (Wildman–Crippen LogP) is 0.295. The summed E-state index contributed by atoms with van der Waals surface area (Å²) in [4.78, 5) is 0. The Balaban J connectivity index is 2.20. The molecular formula is C9H10N2O2. The third-order valence-corrected chi connectivity index (χ3v) is 2.07. The number of ether oxygens (including phenoxy) is 2. The van der Waals surface area contributed by atoms with E-state index < -0.39 is 11.8 Å². The molecule has 0 bridgehead atoms. The first kappa shape index (κ1) is 8.30. The molecule has 1 N–H and O–H groups in total. The van der Waals surface area contributed by atoms with Crippen molar-refractivity contribution in [3.63, 3.8) is 0 Å². The maximum absolute atomic E-state index is 9.04. The lowest BCUT2D eigenvalue weighted by molar-refractivity contribution is -0.0729. The molecule has 1 unspecified atom stereocenters. The lowest BCUT2D eigenvalue weighted by Gasteiger charge is -2.29. The maximum atomic E-state index is 9.04. The highest BCUT2D eigenvalue weighted by atomic mass is 16.7. The highest BCUT2D eigenvalue weighted by molar-refractivity contribution is 5.30. The van der Waals surface area contributed by atoms with Crippen LogP contribution >= 0.6 is 0 Å². The van der Waals surface area contributed by atoms with Crippen LogP contribution in [0, 0.1) is 11.3 Å². The molecule has 1 saturated heterocycles. The molecule has 1 atom stereocenters. The number of allylic oxidation sites excluding steroid dienone is 2. The monoisotopic (exact) mass is 178 g/mol. The van der Waals surface area contributed by atoms with E-state index in [2.05, 4.69) is 11.4 Å². The van der Waals surface area contributed by atoms with Crippen LogP contribution in [0.5, 0.6) is 0 Å². The van der Waals surface area contributed by atoms with Gasteiger partial charge in [0.2, 0.25) is 0 Å². The van der Waals surface area contributed by atoms with Crippen LogP contribution in [0.25, 0.3) is 0 Å². The molecule has 2 rings (SSSR count). The SMILES string of the molecule is N#CC1(C2OCCO2)C=CC=CN1. The maximum Gasteiger partial charge on any atom is 0.198 e. The van der Waals surface area contributed by atoms with E-state index in [1.807, 2.05) is 12.2 Å². The first-order valence-electron chi connectivity index (χ1n) is 4.14. The van der Waals surface area contributed by atoms with E-state index in [-0.39, 0.29) is 0 Å². The minimum Gasteiger partial charge on any atom is -0.366 e. The van der Waals surface area contributed by atoms with Gasteiger partial charge in [0.15, 0.2) is 11.8 Å². The van der Waals surface area contributed by atoms with Crippen LogP contribution in [0.3, 0.4) is 0 Å². The van der Waals surface area contributed by atoms with Crippen LogP contribution in [-0.2, 0) is 9.47 Å². The van der Waals surface area contributed by atoms with Gasteiger partial charge in [-0.05, 0) is 18.4 Å². The summed E-state index contributed by atoms with van der Waals surface area (Å²) in [6.07, 6.45) is 6.60. The molecule has 0 aliphatic carbocycles. The highest BCUT2D eigenvalue weighted by Gasteiger charge is 2.41. The topological polar surface area (TPSA) is 54.3 Å². The minimum atomic E-state index is -0.856. The van der Waals surface area contributed by atoms with E-state index >= 15 is 0 Å². The van der Waals surface area contributed by atoms with Crippen LogP contribution in [-0.4, -0.2) is 25.0 Å². The van der Waals surface area contributed by atoms with E-state index in [1.54, 1.807) is 12.3 Å². The van der Waals surface area contributed by atoms with Gasteiger partial charge in [0.1, 0.15) is 6.07 Å². The van der Waals surface area contributed by atoms with Crippen molar-refractivity contribution >= 4 is 0 Å². The number of rotatable bonds is 1. The van der Waals surface area contributed by atoms with E-state index in [0.29, 0.717) is 13.2 Å². The molecule has 0 aromatic carbocycles. The Morgan fingerprint density at radius 3 is 2.69 bits per heavy atom. The van der Waals surface area contributed by atoms with Crippen molar-refractivity contribution in [3.8, 4) is 6.07 Å². The number of dihydropyridines is 1. The summed E-state index contributed by atoms with van der Waals surface area (Å²) in [6.45, 7) is 1.10. The molecule has 0 spiro atoms. The summed E-state index contributed by atoms with van der Waals surface area (Å²) < 4.78 is 10.6. The quantitative estimate of drug-likeness (QED) is 0.627. The molecule has 1 fully saturated rings. The highest BCUT2D eigenvalue weighted by Crippen LogP contribution is 2.22. The predicted molar refractivity (Wildman–Crippen MR) is 45.5 cm³/mol. The van der Waals surface area contributed by atoms with Crippen molar-refractivity contribution in [3.05, 3.63) is 24.4 Å². The molecule has 68 valence electrons. The first-order chi connectivity index (χ1) is 6.37. The Hall–Kier alpha value is -1.31. The van der Waals surface area contributed by atoms with Gasteiger partial charge in [-0.2, -0.15) is 5.26 Å². The van der Waals surface area contributed by atoms with Crippen molar-refractivity contribution in [1.82, 2.24) is 5.32 Å². The molecule has 0 amide bonds. The molecule has 0 saturated carbocycles. The molecule has 0 aromatic rings. The Kier molecular flexibility index (Phi) is 2.05. The van der Waals surface area contributed by atoms with Gasteiger partial charge in [-0.3, -0.25) is 0 Å². The average molecular weight is 178 g/mol. The second-order valence-electron chi connectivity index (χ2n) is 2.92. The van der Waals surface area contributed by atoms with Crippen LogP contribution < -0.4 is 5.32 Å². The molecule has 0 radical (unpaired) electrons. The van der Waals surface area contributed by atoms with Gasteiger partial charge in [0.25, 0.3) is 0 Å². The van der Waals surface area contributed by atoms with Gasteiger partial charge < -0.3 is 14.8 Å². The normalized spacial score (nSPS) is 32.8. The zero-order valence-corrected chi connectivity index (χ0v) is 7.06. The van der Waals surface area contributed by atoms with Crippen molar-refractivity contribution in [2.24, 2.45) is 0 Å². The van der Waals surface area contributed by atoms with Crippen LogP contribution in [0.2, 0.25) is 0 Å². The first-order valence-corrected chi connectivity index (χ1v) is 4.14. The van der Waals surface area contributed by atoms with E-state index in [1.165, 1.54) is 0 Å². The van der Waals surface area contributed by atoms with Crippen molar-refractivity contribution < 1.29 is 9.47 Å². The van der Waals surface area contributed by atoms with Crippen LogP contribution in [0.15, 0.2) is 24.4 Å². The van der Waals surface area contributed by atoms with E-state index in [9.17, 15) is 0 Å². The van der Waals surface area contributed by atoms with Crippen LogP contribution in [0.1, 0.15) is 0 Å². The number of hydrogen-bond donors (Lipinski definition) is 1. The molecule has 4 heteroatoms. The lowest BCUT2D eigenvalue weighted by Crippen LogP contribution is -2.51. The average Bonchev–Trinajstić information content (AvgIpc) is 2.72. The van der Waals surface area contributed by atoms with Crippen molar-refractivity contribution in [2.45, 2.75) is 11.8 Å². The number of nitriles is 1. The van der Waals surface area contributed by atoms with Gasteiger partial charge in [0, 0.05) is 0 Å². The third-order valence-electron chi connectivity index (χ3n) is 2.07. The molecule has 0 aromatic heterocycles. The van der Waals surface area contributed by atoms with E-state index in [4.69, 9.17) is 14.7 Å². The fourth-order valence-corrected chi connectivity index (χ4v) is 1.39. The molecule has 2 aliphatic heterocycles. The Labute approximate surface area is 76.4 Å².